The summed E-state index contributed by atoms with van der Waals surface area (Å²) >= 11 is 14.1. The normalized spacial score (nSPS) is 14.9. The van der Waals surface area contributed by atoms with Gasteiger partial charge in [0, 0.05) is 22.8 Å². The lowest BCUT2D eigenvalue weighted by Crippen LogP contribution is -2.29. The molecule has 136 valence electrons. The summed E-state index contributed by atoms with van der Waals surface area (Å²) in [5.41, 5.74) is 1.75. The molecule has 25 heavy (non-hydrogen) atoms. The quantitative estimate of drug-likeness (QED) is 0.276. The summed E-state index contributed by atoms with van der Waals surface area (Å²) in [7, 11) is -3.44. The lowest BCUT2D eigenvalue weighted by atomic mass is 10.2. The molecule has 4 nitrogen and oxygen atoms in total. The largest absolute Gasteiger partial charge is 0.391 e. The highest BCUT2D eigenvalue weighted by atomic mass is 127. The van der Waals surface area contributed by atoms with Crippen LogP contribution in [0.2, 0.25) is 10.0 Å². The molecule has 0 aliphatic carbocycles. The minimum absolute atomic E-state index is 0.0651. The number of aliphatic hydroxyl groups is 1. The Kier molecular flexibility index (Phi) is 8.21. The highest BCUT2D eigenvalue weighted by Gasteiger charge is 2.23. The Morgan fingerprint density at radius 1 is 1.16 bits per heavy atom. The van der Waals surface area contributed by atoms with Crippen LogP contribution in [-0.2, 0) is 17.3 Å². The van der Waals surface area contributed by atoms with Crippen LogP contribution in [0.1, 0.15) is 11.1 Å². The van der Waals surface area contributed by atoms with Crippen molar-refractivity contribution in [1.82, 2.24) is 5.32 Å². The highest BCUT2D eigenvalue weighted by Crippen LogP contribution is 2.44. The fourth-order valence-corrected chi connectivity index (χ4v) is 5.29. The standard InChI is InChI=1S/C17H19Cl2INO3P/c18-15-6-13(17(20)7-16(15)19)8-21-9-14(22)11-25(23,24)10-12-4-2-1-3-5-12/h1-7,14,21-22H,8-11H2,(H,23,24). The number of rotatable bonds is 8. The van der Waals surface area contributed by atoms with E-state index >= 15 is 0 Å². The van der Waals surface area contributed by atoms with Gasteiger partial charge in [-0.25, -0.2) is 0 Å². The van der Waals surface area contributed by atoms with E-state index in [1.165, 1.54) is 0 Å². The molecule has 2 rings (SSSR count). The second kappa shape index (κ2) is 9.70. The van der Waals surface area contributed by atoms with Crippen molar-refractivity contribution in [3.63, 3.8) is 0 Å². The van der Waals surface area contributed by atoms with Gasteiger partial charge in [0.1, 0.15) is 0 Å². The van der Waals surface area contributed by atoms with Gasteiger partial charge in [0.25, 0.3) is 0 Å². The van der Waals surface area contributed by atoms with E-state index < -0.39 is 13.5 Å². The van der Waals surface area contributed by atoms with E-state index in [9.17, 15) is 14.6 Å². The SMILES string of the molecule is O=P(O)(Cc1ccccc1)CC(O)CNCc1cc(Cl)c(Cl)cc1I. The highest BCUT2D eigenvalue weighted by molar-refractivity contribution is 14.1. The van der Waals surface area contributed by atoms with Crippen molar-refractivity contribution in [1.29, 1.82) is 0 Å². The summed E-state index contributed by atoms with van der Waals surface area (Å²) < 4.78 is 13.3. The fourth-order valence-electron chi connectivity index (χ4n) is 2.40. The molecule has 0 heterocycles. The van der Waals surface area contributed by atoms with E-state index in [-0.39, 0.29) is 18.9 Å². The van der Waals surface area contributed by atoms with Crippen molar-refractivity contribution in [2.75, 3.05) is 12.7 Å². The molecular formula is C17H19Cl2INO3P. The molecule has 0 saturated carbocycles. The number of hydrogen-bond acceptors (Lipinski definition) is 3. The summed E-state index contributed by atoms with van der Waals surface area (Å²) in [6.07, 6.45) is -0.983. The minimum atomic E-state index is -3.44. The Hall–Kier alpha value is -0.140. The number of hydrogen-bond donors (Lipinski definition) is 3. The van der Waals surface area contributed by atoms with E-state index in [1.807, 2.05) is 18.2 Å². The van der Waals surface area contributed by atoms with Gasteiger partial charge in [-0.05, 0) is 45.9 Å². The summed E-state index contributed by atoms with van der Waals surface area (Å²) in [5, 5.41) is 14.1. The maximum atomic E-state index is 12.3. The van der Waals surface area contributed by atoms with Crippen molar-refractivity contribution in [3.8, 4) is 0 Å². The summed E-state index contributed by atoms with van der Waals surface area (Å²) in [6.45, 7) is 0.705. The van der Waals surface area contributed by atoms with E-state index in [0.717, 1.165) is 14.7 Å². The van der Waals surface area contributed by atoms with Gasteiger partial charge in [0.15, 0.2) is 0 Å². The minimum Gasteiger partial charge on any atom is -0.391 e. The molecule has 2 atom stereocenters. The summed E-state index contributed by atoms with van der Waals surface area (Å²) in [5.74, 6) is 0. The molecule has 0 aliphatic rings. The van der Waals surface area contributed by atoms with Crippen LogP contribution in [-0.4, -0.2) is 28.8 Å². The number of aliphatic hydroxyl groups excluding tert-OH is 1. The van der Waals surface area contributed by atoms with Crippen LogP contribution in [0.4, 0.5) is 0 Å². The van der Waals surface area contributed by atoms with Gasteiger partial charge >= 0.3 is 0 Å². The van der Waals surface area contributed by atoms with Gasteiger partial charge < -0.3 is 15.3 Å². The van der Waals surface area contributed by atoms with Gasteiger partial charge in [-0.15, -0.1) is 0 Å². The molecular weight excluding hydrogens is 495 g/mol. The molecule has 0 fully saturated rings. The summed E-state index contributed by atoms with van der Waals surface area (Å²) in [6, 6.07) is 12.7. The summed E-state index contributed by atoms with van der Waals surface area (Å²) in [4.78, 5) is 10.1. The van der Waals surface area contributed by atoms with E-state index in [4.69, 9.17) is 23.2 Å². The van der Waals surface area contributed by atoms with Gasteiger partial charge in [-0.1, -0.05) is 53.5 Å². The van der Waals surface area contributed by atoms with Crippen LogP contribution in [0.5, 0.6) is 0 Å². The van der Waals surface area contributed by atoms with E-state index in [1.54, 1.807) is 24.3 Å². The Bertz CT molecular complexity index is 761. The van der Waals surface area contributed by atoms with Crippen molar-refractivity contribution >= 4 is 53.2 Å². The van der Waals surface area contributed by atoms with Crippen molar-refractivity contribution in [3.05, 3.63) is 67.2 Å². The zero-order chi connectivity index (χ0) is 18.4. The van der Waals surface area contributed by atoms with Gasteiger partial charge in [0.05, 0.1) is 22.3 Å². The molecule has 3 N–H and O–H groups in total. The van der Waals surface area contributed by atoms with E-state index in [2.05, 4.69) is 27.9 Å². The van der Waals surface area contributed by atoms with Crippen LogP contribution in [0.3, 0.4) is 0 Å². The molecule has 0 bridgehead atoms. The molecule has 0 aliphatic heterocycles. The number of benzene rings is 2. The zero-order valence-corrected chi connectivity index (χ0v) is 17.9. The fraction of sp³-hybridized carbons (Fsp3) is 0.294. The van der Waals surface area contributed by atoms with Gasteiger partial charge in [0.2, 0.25) is 7.37 Å². The van der Waals surface area contributed by atoms with Crippen molar-refractivity contribution < 1.29 is 14.6 Å². The Balaban J connectivity index is 1.83. The molecule has 2 unspecified atom stereocenters. The predicted molar refractivity (Wildman–Crippen MR) is 112 cm³/mol. The Labute approximate surface area is 171 Å². The zero-order valence-electron chi connectivity index (χ0n) is 13.3. The van der Waals surface area contributed by atoms with Crippen LogP contribution < -0.4 is 5.32 Å². The Morgan fingerprint density at radius 3 is 2.48 bits per heavy atom. The third-order valence-corrected chi connectivity index (χ3v) is 7.13. The maximum Gasteiger partial charge on any atom is 0.207 e. The predicted octanol–water partition coefficient (Wildman–Crippen LogP) is 4.52. The smallest absolute Gasteiger partial charge is 0.207 e. The van der Waals surface area contributed by atoms with Gasteiger partial charge in [-0.2, -0.15) is 0 Å². The van der Waals surface area contributed by atoms with Crippen molar-refractivity contribution in [2.24, 2.45) is 0 Å². The van der Waals surface area contributed by atoms with Gasteiger partial charge in [-0.3, -0.25) is 4.57 Å². The molecule has 0 spiro atoms. The molecule has 0 aromatic heterocycles. The lowest BCUT2D eigenvalue weighted by Gasteiger charge is -2.17. The lowest BCUT2D eigenvalue weighted by molar-refractivity contribution is 0.190. The molecule has 2 aromatic rings. The first-order valence-corrected chi connectivity index (χ1v) is 11.5. The monoisotopic (exact) mass is 513 g/mol. The first-order chi connectivity index (χ1) is 11.8. The second-order valence-electron chi connectivity index (χ2n) is 5.82. The molecule has 0 saturated heterocycles. The number of nitrogens with one attached hydrogen (secondary N) is 1. The van der Waals surface area contributed by atoms with E-state index in [0.29, 0.717) is 16.6 Å². The molecule has 2 aromatic carbocycles. The Morgan fingerprint density at radius 2 is 1.80 bits per heavy atom. The number of halogens is 3. The first kappa shape index (κ1) is 21.2. The van der Waals surface area contributed by atoms with Crippen molar-refractivity contribution in [2.45, 2.75) is 18.8 Å². The van der Waals surface area contributed by atoms with Crippen LogP contribution >= 0.6 is 53.2 Å². The van der Waals surface area contributed by atoms with Crippen LogP contribution in [0.15, 0.2) is 42.5 Å². The maximum absolute atomic E-state index is 12.3. The topological polar surface area (TPSA) is 69.6 Å². The van der Waals surface area contributed by atoms with Crippen LogP contribution in [0, 0.1) is 3.57 Å². The van der Waals surface area contributed by atoms with Crippen LogP contribution in [0.25, 0.3) is 0 Å². The first-order valence-electron chi connectivity index (χ1n) is 7.64. The molecule has 8 heteroatoms. The molecule has 0 radical (unpaired) electrons. The third-order valence-electron chi connectivity index (χ3n) is 3.55. The molecule has 0 amide bonds. The second-order valence-corrected chi connectivity index (χ2v) is 10.2. The third kappa shape index (κ3) is 7.18. The average molecular weight is 514 g/mol. The average Bonchev–Trinajstić information content (AvgIpc) is 2.52.